The molecule has 0 radical (unpaired) electrons. The zero-order valence-corrected chi connectivity index (χ0v) is 8.15. The Morgan fingerprint density at radius 3 is 2.12 bits per heavy atom. The number of hydrogen-bond acceptors (Lipinski definition) is 3. The number of aromatic nitrogens is 1. The van der Waals surface area contributed by atoms with Crippen LogP contribution in [0.15, 0.2) is 6.20 Å². The van der Waals surface area contributed by atoms with Gasteiger partial charge in [-0.3, -0.25) is 4.98 Å². The third-order valence-electron chi connectivity index (χ3n) is 1.69. The molecule has 0 saturated carbocycles. The van der Waals surface area contributed by atoms with Crippen LogP contribution in [0.25, 0.3) is 0 Å². The Morgan fingerprint density at radius 1 is 1.18 bits per heavy atom. The number of halogens is 6. The molecular formula is C8H5F6NO2. The van der Waals surface area contributed by atoms with Crippen molar-refractivity contribution in [2.75, 3.05) is 0 Å². The van der Waals surface area contributed by atoms with Gasteiger partial charge in [0.25, 0.3) is 0 Å². The first kappa shape index (κ1) is 13.4. The fourth-order valence-electron chi connectivity index (χ4n) is 1.09. The highest BCUT2D eigenvalue weighted by Gasteiger charge is 2.43. The van der Waals surface area contributed by atoms with Crippen LogP contribution in [0.5, 0.6) is 11.5 Å². The molecule has 3 nitrogen and oxygen atoms in total. The second kappa shape index (κ2) is 3.97. The second-order valence-electron chi connectivity index (χ2n) is 2.98. The smallest absolute Gasteiger partial charge is 0.506 e. The molecule has 0 aromatic carbocycles. The predicted octanol–water partition coefficient (Wildman–Crippen LogP) is 3.01. The molecule has 0 spiro atoms. The number of alkyl halides is 6. The van der Waals surface area contributed by atoms with Gasteiger partial charge in [0, 0.05) is 0 Å². The molecule has 1 aromatic heterocycles. The molecule has 0 aliphatic carbocycles. The number of hydrogen-bond donors (Lipinski definition) is 1. The molecule has 0 saturated heterocycles. The molecule has 0 fully saturated rings. The SMILES string of the molecule is Cc1ncc(O)c(C(F)(F)F)c1OC(F)(F)F. The molecule has 0 unspecified atom stereocenters. The first-order valence-electron chi connectivity index (χ1n) is 4.04. The van der Waals surface area contributed by atoms with Crippen molar-refractivity contribution in [2.45, 2.75) is 19.5 Å². The van der Waals surface area contributed by atoms with Gasteiger partial charge in [0.15, 0.2) is 5.75 Å². The molecule has 96 valence electrons. The van der Waals surface area contributed by atoms with Gasteiger partial charge in [-0.15, -0.1) is 13.2 Å². The van der Waals surface area contributed by atoms with Crippen LogP contribution in [-0.2, 0) is 6.18 Å². The normalized spacial score (nSPS) is 12.6. The standard InChI is InChI=1S/C8H5F6NO2/c1-3-6(17-8(12,13)14)5(7(9,10)11)4(16)2-15-3/h2,16H,1H3. The van der Waals surface area contributed by atoms with Crippen molar-refractivity contribution in [1.82, 2.24) is 4.98 Å². The van der Waals surface area contributed by atoms with Gasteiger partial charge in [0.1, 0.15) is 11.3 Å². The van der Waals surface area contributed by atoms with Crippen LogP contribution in [0.4, 0.5) is 26.3 Å². The molecule has 0 aliphatic rings. The van der Waals surface area contributed by atoms with Crippen LogP contribution in [0.3, 0.4) is 0 Å². The van der Waals surface area contributed by atoms with Gasteiger partial charge < -0.3 is 9.84 Å². The maximum atomic E-state index is 12.4. The average molecular weight is 261 g/mol. The summed E-state index contributed by atoms with van der Waals surface area (Å²) >= 11 is 0. The molecule has 0 amide bonds. The summed E-state index contributed by atoms with van der Waals surface area (Å²) in [6.07, 6.45) is -10.1. The highest BCUT2D eigenvalue weighted by atomic mass is 19.4. The topological polar surface area (TPSA) is 42.4 Å². The van der Waals surface area contributed by atoms with Gasteiger partial charge in [-0.25, -0.2) is 0 Å². The Kier molecular flexibility index (Phi) is 3.13. The number of pyridine rings is 1. The van der Waals surface area contributed by atoms with Gasteiger partial charge >= 0.3 is 12.5 Å². The Hall–Kier alpha value is -1.67. The third kappa shape index (κ3) is 3.14. The van der Waals surface area contributed by atoms with Crippen LogP contribution >= 0.6 is 0 Å². The lowest BCUT2D eigenvalue weighted by molar-refractivity contribution is -0.276. The zero-order valence-electron chi connectivity index (χ0n) is 8.15. The minimum absolute atomic E-state index is 0.404. The molecule has 17 heavy (non-hydrogen) atoms. The van der Waals surface area contributed by atoms with Gasteiger partial charge in [-0.1, -0.05) is 0 Å². The van der Waals surface area contributed by atoms with Crippen LogP contribution in [0.2, 0.25) is 0 Å². The molecule has 1 aromatic rings. The number of nitrogens with zero attached hydrogens (tertiary/aromatic N) is 1. The minimum atomic E-state index is -5.31. The lowest BCUT2D eigenvalue weighted by Gasteiger charge is -2.17. The van der Waals surface area contributed by atoms with E-state index in [1.807, 2.05) is 0 Å². The molecule has 9 heteroatoms. The molecule has 0 aliphatic heterocycles. The largest absolute Gasteiger partial charge is 0.573 e. The summed E-state index contributed by atoms with van der Waals surface area (Å²) in [5.41, 5.74) is -2.53. The van der Waals surface area contributed by atoms with E-state index in [1.165, 1.54) is 0 Å². The molecule has 0 bridgehead atoms. The number of aryl methyl sites for hydroxylation is 1. The van der Waals surface area contributed by atoms with E-state index in [9.17, 15) is 26.3 Å². The van der Waals surface area contributed by atoms with E-state index in [-0.39, 0.29) is 0 Å². The summed E-state index contributed by atoms with van der Waals surface area (Å²) in [5.74, 6) is -2.98. The lowest BCUT2D eigenvalue weighted by atomic mass is 10.2. The van der Waals surface area contributed by atoms with Crippen LogP contribution in [-0.4, -0.2) is 16.5 Å². The van der Waals surface area contributed by atoms with E-state index >= 15 is 0 Å². The zero-order chi connectivity index (χ0) is 13.4. The van der Waals surface area contributed by atoms with Crippen molar-refractivity contribution in [3.8, 4) is 11.5 Å². The van der Waals surface area contributed by atoms with E-state index in [0.29, 0.717) is 6.20 Å². The van der Waals surface area contributed by atoms with E-state index in [4.69, 9.17) is 5.11 Å². The number of ether oxygens (including phenoxy) is 1. The van der Waals surface area contributed by atoms with Crippen molar-refractivity contribution in [3.05, 3.63) is 17.5 Å². The number of aromatic hydroxyl groups is 1. The summed E-state index contributed by atoms with van der Waals surface area (Å²) in [6.45, 7) is 0.899. The monoisotopic (exact) mass is 261 g/mol. The summed E-state index contributed by atoms with van der Waals surface area (Å²) in [7, 11) is 0. The quantitative estimate of drug-likeness (QED) is 0.790. The van der Waals surface area contributed by atoms with Crippen molar-refractivity contribution < 1.29 is 36.2 Å². The molecule has 1 N–H and O–H groups in total. The Bertz CT molecular complexity index is 425. The maximum absolute atomic E-state index is 12.4. The van der Waals surface area contributed by atoms with Gasteiger partial charge in [0.05, 0.1) is 11.9 Å². The first-order valence-corrected chi connectivity index (χ1v) is 4.04. The summed E-state index contributed by atoms with van der Waals surface area (Å²) < 4.78 is 76.3. The van der Waals surface area contributed by atoms with Gasteiger partial charge in [-0.05, 0) is 6.92 Å². The van der Waals surface area contributed by atoms with Gasteiger partial charge in [-0.2, -0.15) is 13.2 Å². The fraction of sp³-hybridized carbons (Fsp3) is 0.375. The Morgan fingerprint density at radius 2 is 1.71 bits per heavy atom. The van der Waals surface area contributed by atoms with Crippen molar-refractivity contribution in [3.63, 3.8) is 0 Å². The molecule has 1 heterocycles. The van der Waals surface area contributed by atoms with E-state index < -0.39 is 35.3 Å². The molecular weight excluding hydrogens is 256 g/mol. The van der Waals surface area contributed by atoms with Gasteiger partial charge in [0.2, 0.25) is 0 Å². The van der Waals surface area contributed by atoms with Crippen LogP contribution in [0, 0.1) is 6.92 Å². The second-order valence-corrected chi connectivity index (χ2v) is 2.98. The fourth-order valence-corrected chi connectivity index (χ4v) is 1.09. The Balaban J connectivity index is 3.41. The van der Waals surface area contributed by atoms with Crippen molar-refractivity contribution in [1.29, 1.82) is 0 Å². The summed E-state index contributed by atoms with van der Waals surface area (Å²) in [6, 6.07) is 0. The first-order chi connectivity index (χ1) is 7.52. The van der Waals surface area contributed by atoms with Crippen LogP contribution in [0.1, 0.15) is 11.3 Å². The predicted molar refractivity (Wildman–Crippen MR) is 42.3 cm³/mol. The highest BCUT2D eigenvalue weighted by Crippen LogP contribution is 2.44. The average Bonchev–Trinajstić information content (AvgIpc) is 2.06. The highest BCUT2D eigenvalue weighted by molar-refractivity contribution is 5.47. The lowest BCUT2D eigenvalue weighted by Crippen LogP contribution is -2.21. The number of rotatable bonds is 1. The van der Waals surface area contributed by atoms with Crippen molar-refractivity contribution >= 4 is 0 Å². The maximum Gasteiger partial charge on any atom is 0.573 e. The Labute approximate surface area is 90.6 Å². The summed E-state index contributed by atoms with van der Waals surface area (Å²) in [4.78, 5) is 3.16. The minimum Gasteiger partial charge on any atom is -0.506 e. The summed E-state index contributed by atoms with van der Waals surface area (Å²) in [5, 5.41) is 8.92. The van der Waals surface area contributed by atoms with E-state index in [2.05, 4.69) is 9.72 Å². The molecule has 1 rings (SSSR count). The molecule has 0 atom stereocenters. The van der Waals surface area contributed by atoms with E-state index in [1.54, 1.807) is 0 Å². The van der Waals surface area contributed by atoms with Crippen molar-refractivity contribution in [2.24, 2.45) is 0 Å². The third-order valence-corrected chi connectivity index (χ3v) is 1.69. The van der Waals surface area contributed by atoms with Crippen LogP contribution < -0.4 is 4.74 Å². The van der Waals surface area contributed by atoms with E-state index in [0.717, 1.165) is 6.92 Å².